The molecule has 1 heterocycles. The highest BCUT2D eigenvalue weighted by molar-refractivity contribution is 6.30. The van der Waals surface area contributed by atoms with Gasteiger partial charge in [0.15, 0.2) is 0 Å². The molecular formula is C20H17ClN2O3. The topological polar surface area (TPSA) is 61.3 Å². The maximum absolute atomic E-state index is 12.4. The average Bonchev–Trinajstić information content (AvgIpc) is 2.63. The van der Waals surface area contributed by atoms with E-state index in [9.17, 15) is 4.79 Å². The van der Waals surface area contributed by atoms with Crippen LogP contribution in [0.25, 0.3) is 11.3 Å². The Hall–Kier alpha value is -2.92. The Bertz CT molecular complexity index is 912. The Kier molecular flexibility index (Phi) is 5.49. The zero-order valence-electron chi connectivity index (χ0n) is 14.4. The van der Waals surface area contributed by atoms with Gasteiger partial charge in [-0.1, -0.05) is 41.9 Å². The number of aryl methyl sites for hydroxylation is 1. The van der Waals surface area contributed by atoms with Crippen molar-refractivity contribution in [2.45, 2.75) is 13.8 Å². The minimum atomic E-state index is -0.471. The van der Waals surface area contributed by atoms with Crippen LogP contribution in [-0.2, 0) is 4.74 Å². The van der Waals surface area contributed by atoms with E-state index in [-0.39, 0.29) is 12.6 Å². The van der Waals surface area contributed by atoms with Crippen LogP contribution < -0.4 is 4.74 Å². The molecule has 3 rings (SSSR count). The van der Waals surface area contributed by atoms with Crippen LogP contribution in [0.2, 0.25) is 5.02 Å². The number of aromatic nitrogens is 2. The average molecular weight is 369 g/mol. The molecule has 26 heavy (non-hydrogen) atoms. The molecule has 0 atom stereocenters. The molecule has 0 fully saturated rings. The zero-order chi connectivity index (χ0) is 18.5. The molecule has 0 saturated heterocycles. The third-order valence-corrected chi connectivity index (χ3v) is 3.87. The lowest BCUT2D eigenvalue weighted by Gasteiger charge is -2.13. The number of para-hydroxylation sites is 1. The summed E-state index contributed by atoms with van der Waals surface area (Å²) in [5.41, 5.74) is 1.96. The number of carbonyl (C=O) groups excluding carboxylic acids is 1. The van der Waals surface area contributed by atoms with Crippen LogP contribution in [-0.4, -0.2) is 22.5 Å². The van der Waals surface area contributed by atoms with E-state index in [2.05, 4.69) is 9.97 Å². The van der Waals surface area contributed by atoms with E-state index in [1.54, 1.807) is 50.2 Å². The SMILES string of the molecule is CCOC(=O)c1c(C)nc(Oc2ccccc2)nc1-c1ccc(Cl)cc1. The van der Waals surface area contributed by atoms with Gasteiger partial charge in [-0.25, -0.2) is 4.79 Å². The second-order valence-electron chi connectivity index (χ2n) is 5.46. The molecule has 0 saturated carbocycles. The van der Waals surface area contributed by atoms with Gasteiger partial charge in [-0.05, 0) is 38.1 Å². The highest BCUT2D eigenvalue weighted by Gasteiger charge is 2.22. The number of hydrogen-bond acceptors (Lipinski definition) is 5. The molecule has 2 aromatic carbocycles. The fraction of sp³-hybridized carbons (Fsp3) is 0.150. The van der Waals surface area contributed by atoms with Crippen LogP contribution in [0.15, 0.2) is 54.6 Å². The second kappa shape index (κ2) is 7.97. The molecule has 0 radical (unpaired) electrons. The quantitative estimate of drug-likeness (QED) is 0.588. The summed E-state index contributed by atoms with van der Waals surface area (Å²) in [6.45, 7) is 3.74. The number of hydrogen-bond donors (Lipinski definition) is 0. The minimum absolute atomic E-state index is 0.159. The molecule has 0 bridgehead atoms. The van der Waals surface area contributed by atoms with Crippen LogP contribution in [0.1, 0.15) is 23.0 Å². The summed E-state index contributed by atoms with van der Waals surface area (Å²) in [7, 11) is 0. The van der Waals surface area contributed by atoms with Crippen molar-refractivity contribution in [1.29, 1.82) is 0 Å². The van der Waals surface area contributed by atoms with Gasteiger partial charge in [0.25, 0.3) is 0 Å². The first kappa shape index (κ1) is 17.9. The molecule has 0 amide bonds. The predicted molar refractivity (Wildman–Crippen MR) is 99.7 cm³/mol. The first-order chi connectivity index (χ1) is 12.6. The molecule has 5 nitrogen and oxygen atoms in total. The van der Waals surface area contributed by atoms with E-state index >= 15 is 0 Å². The first-order valence-electron chi connectivity index (χ1n) is 8.13. The van der Waals surface area contributed by atoms with Crippen LogP contribution in [0, 0.1) is 6.92 Å². The highest BCUT2D eigenvalue weighted by Crippen LogP contribution is 2.29. The van der Waals surface area contributed by atoms with E-state index in [0.717, 1.165) is 5.56 Å². The van der Waals surface area contributed by atoms with Gasteiger partial charge in [0.1, 0.15) is 11.3 Å². The molecule has 0 aliphatic heterocycles. The molecule has 1 aromatic heterocycles. The van der Waals surface area contributed by atoms with E-state index in [0.29, 0.717) is 27.7 Å². The molecule has 0 unspecified atom stereocenters. The van der Waals surface area contributed by atoms with Crippen molar-refractivity contribution in [2.75, 3.05) is 6.61 Å². The van der Waals surface area contributed by atoms with Crippen LogP contribution >= 0.6 is 11.6 Å². The molecule has 0 aliphatic rings. The Morgan fingerprint density at radius 3 is 2.38 bits per heavy atom. The standard InChI is InChI=1S/C20H17ClN2O3/c1-3-25-19(24)17-13(2)22-20(26-16-7-5-4-6-8-16)23-18(17)14-9-11-15(21)12-10-14/h4-12H,3H2,1-2H3. The third kappa shape index (κ3) is 4.00. The van der Waals surface area contributed by atoms with Gasteiger partial charge in [0, 0.05) is 10.6 Å². The van der Waals surface area contributed by atoms with Crippen molar-refractivity contribution in [3.05, 3.63) is 70.9 Å². The smallest absolute Gasteiger partial charge is 0.342 e. The van der Waals surface area contributed by atoms with Gasteiger partial charge in [-0.15, -0.1) is 0 Å². The van der Waals surface area contributed by atoms with Crippen molar-refractivity contribution >= 4 is 17.6 Å². The molecule has 0 spiro atoms. The maximum atomic E-state index is 12.4. The van der Waals surface area contributed by atoms with Crippen molar-refractivity contribution in [2.24, 2.45) is 0 Å². The van der Waals surface area contributed by atoms with Gasteiger partial charge in [0.2, 0.25) is 0 Å². The minimum Gasteiger partial charge on any atom is -0.462 e. The largest absolute Gasteiger partial charge is 0.462 e. The first-order valence-corrected chi connectivity index (χ1v) is 8.51. The Morgan fingerprint density at radius 1 is 1.04 bits per heavy atom. The lowest BCUT2D eigenvalue weighted by Crippen LogP contribution is -2.12. The summed E-state index contributed by atoms with van der Waals surface area (Å²) in [4.78, 5) is 21.2. The van der Waals surface area contributed by atoms with Crippen molar-refractivity contribution in [3.63, 3.8) is 0 Å². The lowest BCUT2D eigenvalue weighted by atomic mass is 10.0. The number of esters is 1. The summed E-state index contributed by atoms with van der Waals surface area (Å²) >= 11 is 5.97. The van der Waals surface area contributed by atoms with Gasteiger partial charge >= 0.3 is 12.0 Å². The number of halogens is 1. The number of ether oxygens (including phenoxy) is 2. The fourth-order valence-corrected chi connectivity index (χ4v) is 2.58. The summed E-state index contributed by atoms with van der Waals surface area (Å²) in [6, 6.07) is 16.4. The summed E-state index contributed by atoms with van der Waals surface area (Å²) in [5, 5.41) is 0.595. The van der Waals surface area contributed by atoms with E-state index in [4.69, 9.17) is 21.1 Å². The Morgan fingerprint density at radius 2 is 1.73 bits per heavy atom. The zero-order valence-corrected chi connectivity index (χ0v) is 15.2. The Labute approximate surface area is 156 Å². The number of rotatable bonds is 5. The number of nitrogens with zero attached hydrogens (tertiary/aromatic N) is 2. The monoisotopic (exact) mass is 368 g/mol. The van der Waals surface area contributed by atoms with Crippen molar-refractivity contribution in [1.82, 2.24) is 9.97 Å². The fourth-order valence-electron chi connectivity index (χ4n) is 2.45. The van der Waals surface area contributed by atoms with Gasteiger partial charge in [-0.2, -0.15) is 9.97 Å². The molecular weight excluding hydrogens is 352 g/mol. The van der Waals surface area contributed by atoms with Gasteiger partial charge in [-0.3, -0.25) is 0 Å². The molecule has 0 aliphatic carbocycles. The predicted octanol–water partition coefficient (Wildman–Crippen LogP) is 5.07. The molecule has 0 N–H and O–H groups in total. The summed E-state index contributed by atoms with van der Waals surface area (Å²) in [6.07, 6.45) is 0. The normalized spacial score (nSPS) is 10.4. The molecule has 3 aromatic rings. The van der Waals surface area contributed by atoms with E-state index < -0.39 is 5.97 Å². The lowest BCUT2D eigenvalue weighted by molar-refractivity contribution is 0.0525. The number of benzene rings is 2. The molecule has 132 valence electrons. The summed E-state index contributed by atoms with van der Waals surface area (Å²) < 4.78 is 10.9. The van der Waals surface area contributed by atoms with E-state index in [1.807, 2.05) is 18.2 Å². The highest BCUT2D eigenvalue weighted by atomic mass is 35.5. The van der Waals surface area contributed by atoms with Gasteiger partial charge in [0.05, 0.1) is 18.0 Å². The van der Waals surface area contributed by atoms with Crippen molar-refractivity contribution in [3.8, 4) is 23.0 Å². The number of carbonyl (C=O) groups is 1. The Balaban J connectivity index is 2.10. The second-order valence-corrected chi connectivity index (χ2v) is 5.89. The van der Waals surface area contributed by atoms with Crippen LogP contribution in [0.3, 0.4) is 0 Å². The van der Waals surface area contributed by atoms with E-state index in [1.165, 1.54) is 0 Å². The van der Waals surface area contributed by atoms with Crippen molar-refractivity contribution < 1.29 is 14.3 Å². The summed E-state index contributed by atoms with van der Waals surface area (Å²) in [5.74, 6) is 0.138. The van der Waals surface area contributed by atoms with Crippen LogP contribution in [0.5, 0.6) is 11.8 Å². The van der Waals surface area contributed by atoms with Crippen LogP contribution in [0.4, 0.5) is 0 Å². The third-order valence-electron chi connectivity index (χ3n) is 3.62. The maximum Gasteiger partial charge on any atom is 0.342 e. The molecule has 6 heteroatoms. The van der Waals surface area contributed by atoms with Gasteiger partial charge < -0.3 is 9.47 Å².